The minimum atomic E-state index is -2.94. The number of aliphatic hydroxyl groups is 7. The van der Waals surface area contributed by atoms with Gasteiger partial charge < -0.3 is 80.5 Å². The van der Waals surface area contributed by atoms with Crippen LogP contribution in [0.1, 0.15) is 39.5 Å². The van der Waals surface area contributed by atoms with E-state index >= 15 is 0 Å². The van der Waals surface area contributed by atoms with Crippen molar-refractivity contribution in [2.75, 3.05) is 46.1 Å². The van der Waals surface area contributed by atoms with Gasteiger partial charge in [-0.1, -0.05) is 18.2 Å². The third-order valence-corrected chi connectivity index (χ3v) is 9.96. The number of nitrogens with two attached hydrogens (primary N) is 1. The van der Waals surface area contributed by atoms with Crippen LogP contribution in [0.4, 0.5) is 0 Å². The van der Waals surface area contributed by atoms with Crippen LogP contribution < -0.4 is 16.0 Å². The summed E-state index contributed by atoms with van der Waals surface area (Å²) >= 11 is 0. The molecule has 10 atom stereocenters. The maximum absolute atomic E-state index is 13.9. The molecular weight excluding hydrogens is 740 g/mol. The Balaban J connectivity index is 1.77. The molecule has 3 aliphatic heterocycles. The smallest absolute Gasteiger partial charge is 0.343 e. The average molecular weight is 798 g/mol. The number of hydrogen-bond donors (Lipinski definition) is 11. The summed E-state index contributed by atoms with van der Waals surface area (Å²) < 4.78 is 29.4. The van der Waals surface area contributed by atoms with E-state index < -0.39 is 79.3 Å². The summed E-state index contributed by atoms with van der Waals surface area (Å²) in [4.78, 5) is 31.1. The molecule has 2 fully saturated rings. The molecule has 0 aromatic rings. The van der Waals surface area contributed by atoms with Crippen molar-refractivity contribution in [1.29, 1.82) is 0 Å². The van der Waals surface area contributed by atoms with Gasteiger partial charge in [-0.25, -0.2) is 9.59 Å². The summed E-state index contributed by atoms with van der Waals surface area (Å²) in [5.74, 6) is -6.97. The van der Waals surface area contributed by atoms with Gasteiger partial charge in [0.05, 0.1) is 42.8 Å². The van der Waals surface area contributed by atoms with E-state index in [1.165, 1.54) is 12.3 Å². The van der Waals surface area contributed by atoms with Gasteiger partial charge in [-0.05, 0) is 45.4 Å². The summed E-state index contributed by atoms with van der Waals surface area (Å²) in [5.41, 5.74) is 6.49. The number of aliphatic imine (C=N–C) groups is 1. The number of allylic oxidation sites excluding steroid dienone is 1. The van der Waals surface area contributed by atoms with Crippen molar-refractivity contribution < 1.29 is 79.0 Å². The summed E-state index contributed by atoms with van der Waals surface area (Å²) in [6.07, 6.45) is -0.0459. The van der Waals surface area contributed by atoms with Gasteiger partial charge in [0.2, 0.25) is 12.1 Å². The van der Waals surface area contributed by atoms with Crippen molar-refractivity contribution in [1.82, 2.24) is 5.32 Å². The third kappa shape index (κ3) is 11.0. The van der Waals surface area contributed by atoms with Crippen molar-refractivity contribution in [3.8, 4) is 0 Å². The molecule has 12 N–H and O–H groups in total. The lowest BCUT2D eigenvalue weighted by Gasteiger charge is -2.48. The van der Waals surface area contributed by atoms with Crippen LogP contribution in [0.2, 0.25) is 0 Å². The number of aliphatic carboxylic acids is 1. The van der Waals surface area contributed by atoms with E-state index in [2.05, 4.69) is 16.9 Å². The number of hydrogen-bond acceptors (Lipinski definition) is 15. The topological polar surface area (TPSA) is 297 Å². The zero-order valence-electron chi connectivity index (χ0n) is 31.6. The van der Waals surface area contributed by atoms with E-state index in [0.717, 1.165) is 6.26 Å². The molecule has 19 heteroatoms. The number of rotatable bonds is 18. The molecule has 1 unspecified atom stereocenters. The summed E-state index contributed by atoms with van der Waals surface area (Å²) in [5, 5.41) is 84.0. The van der Waals surface area contributed by atoms with Crippen LogP contribution in [-0.4, -0.2) is 154 Å². The first-order chi connectivity index (χ1) is 26.7. The molecule has 0 amide bonds. The number of esters is 1. The van der Waals surface area contributed by atoms with Gasteiger partial charge in [0, 0.05) is 31.2 Å². The van der Waals surface area contributed by atoms with Gasteiger partial charge in [0.15, 0.2) is 18.4 Å². The van der Waals surface area contributed by atoms with E-state index in [-0.39, 0.29) is 68.2 Å². The Labute approximate surface area is 324 Å². The molecule has 1 saturated carbocycles. The van der Waals surface area contributed by atoms with Gasteiger partial charge >= 0.3 is 11.9 Å². The van der Waals surface area contributed by atoms with Gasteiger partial charge in [0.25, 0.3) is 0 Å². The first-order valence-corrected chi connectivity index (χ1v) is 18.7. The Hall–Kier alpha value is -3.73. The lowest BCUT2D eigenvalue weighted by Crippen LogP contribution is -3.09. The highest BCUT2D eigenvalue weighted by Gasteiger charge is 2.57. The number of nitrogens with zero attached hydrogens (tertiary/aromatic N) is 1. The largest absolute Gasteiger partial charge is 0.477 e. The van der Waals surface area contributed by atoms with Crippen molar-refractivity contribution in [2.45, 2.75) is 88.4 Å². The molecule has 4 aliphatic rings. The van der Waals surface area contributed by atoms with Crippen molar-refractivity contribution in [3.05, 3.63) is 59.7 Å². The molecule has 4 rings (SSSR count). The van der Waals surface area contributed by atoms with Gasteiger partial charge in [-0.15, -0.1) is 6.58 Å². The molecule has 314 valence electrons. The monoisotopic (exact) mass is 797 g/mol. The molecular formula is C37H57N4O15+. The fourth-order valence-corrected chi connectivity index (χ4v) is 7.05. The Morgan fingerprint density at radius 1 is 1.16 bits per heavy atom. The Bertz CT molecular complexity index is 1530. The zero-order valence-corrected chi connectivity index (χ0v) is 31.6. The first kappa shape index (κ1) is 45.0. The predicted octanol–water partition coefficient (Wildman–Crippen LogP) is -3.13. The van der Waals surface area contributed by atoms with Crippen LogP contribution in [0.25, 0.3) is 0 Å². The Kier molecular flexibility index (Phi) is 16.6. The summed E-state index contributed by atoms with van der Waals surface area (Å²) in [6.45, 7) is 6.44. The van der Waals surface area contributed by atoms with Crippen molar-refractivity contribution in [2.24, 2.45) is 28.5 Å². The second kappa shape index (κ2) is 20.6. The van der Waals surface area contributed by atoms with Crippen LogP contribution in [0, 0.1) is 17.8 Å². The van der Waals surface area contributed by atoms with Gasteiger partial charge in [-0.3, -0.25) is 4.99 Å². The standard InChI is InChI=1S/C37H56N4O15/c1-4-24-25(9-7-22-15-41(11-13-43)16-26(32(47)48)29(22)40-36(38)39-10-5-12-42)27(33(49)54-23-8-6-21(14-23)17-44)19-52-34(24)56-35-31(53-20(2)3)37(50,51)30(46)28(18-45)55-35/h4,7,9,16,19-21,23-25,28,30-31,34-35,42-46,50-51H,1,5-6,8,10-15,17-18H2,2-3H3,(H,47,48)(H3,38,39,40)/p+1/b9-7+/t21-,23+,24-,25+,28-,30-,31+,34+,35+/m1/s1. The second-order valence-corrected chi connectivity index (χ2v) is 14.4. The minimum absolute atomic E-state index is 0.0219. The van der Waals surface area contributed by atoms with Gasteiger partial charge in [-0.2, -0.15) is 0 Å². The average Bonchev–Trinajstić information content (AvgIpc) is 3.61. The predicted molar refractivity (Wildman–Crippen MR) is 195 cm³/mol. The fourth-order valence-electron chi connectivity index (χ4n) is 7.05. The molecule has 0 spiro atoms. The maximum atomic E-state index is 13.9. The molecule has 19 nitrogen and oxygen atoms in total. The highest BCUT2D eigenvalue weighted by Crippen LogP contribution is 2.39. The second-order valence-electron chi connectivity index (χ2n) is 14.4. The van der Waals surface area contributed by atoms with Gasteiger partial charge in [0.1, 0.15) is 43.2 Å². The molecule has 0 aromatic heterocycles. The number of quaternary nitrogens is 1. The first-order valence-electron chi connectivity index (χ1n) is 18.7. The van der Waals surface area contributed by atoms with E-state index in [1.54, 1.807) is 26.0 Å². The Morgan fingerprint density at radius 3 is 2.52 bits per heavy atom. The number of aliphatic hydroxyl groups excluding tert-OH is 5. The highest BCUT2D eigenvalue weighted by molar-refractivity contribution is 5.94. The van der Waals surface area contributed by atoms with E-state index in [1.807, 2.05) is 0 Å². The number of carboxylic acid groups (broad SMARTS) is 1. The Morgan fingerprint density at radius 2 is 1.91 bits per heavy atom. The number of carbonyl (C=O) groups is 2. The van der Waals surface area contributed by atoms with Crippen LogP contribution >= 0.6 is 0 Å². The molecule has 0 bridgehead atoms. The normalized spacial score (nSPS) is 32.2. The number of carbonyl (C=O) groups excluding carboxylic acids is 1. The third-order valence-electron chi connectivity index (χ3n) is 9.96. The molecule has 1 aliphatic carbocycles. The highest BCUT2D eigenvalue weighted by atomic mass is 16.8. The fraction of sp³-hybridized carbons (Fsp3) is 0.649. The van der Waals surface area contributed by atoms with E-state index in [0.29, 0.717) is 36.2 Å². The maximum Gasteiger partial charge on any atom is 0.343 e. The van der Waals surface area contributed by atoms with Crippen LogP contribution in [0.5, 0.6) is 0 Å². The quantitative estimate of drug-likeness (QED) is 0.0163. The molecule has 56 heavy (non-hydrogen) atoms. The van der Waals surface area contributed by atoms with E-state index in [4.69, 9.17) is 34.5 Å². The SMILES string of the molecule is C=C[C@H]1[C@H](O[C@@H]2O[C@H](CO)[C@@H](O)C(O)(O)[C@H]2OC(C)C)OC=C(C(=O)O[C@H]2CC[C@@H](CO)C2)[C@H]1/C=C/C1=C(NC(N)=NCCCO)C(C(=O)O)=C[NH+](CCO)C1. The number of carboxylic acids is 1. The lowest BCUT2D eigenvalue weighted by atomic mass is 9.83. The minimum Gasteiger partial charge on any atom is -0.477 e. The van der Waals surface area contributed by atoms with Crippen LogP contribution in [-0.2, 0) is 33.3 Å². The zero-order chi connectivity index (χ0) is 41.2. The van der Waals surface area contributed by atoms with E-state index in [9.17, 15) is 45.3 Å². The van der Waals surface area contributed by atoms with Crippen LogP contribution in [0.3, 0.4) is 0 Å². The number of nitrogens with one attached hydrogen (secondary N) is 2. The molecule has 3 heterocycles. The summed E-state index contributed by atoms with van der Waals surface area (Å²) in [7, 11) is 0. The van der Waals surface area contributed by atoms with Crippen molar-refractivity contribution >= 4 is 17.9 Å². The number of guanidine groups is 1. The number of ether oxygens (including phenoxy) is 5. The molecule has 0 radical (unpaired) electrons. The lowest BCUT2D eigenvalue weighted by molar-refractivity contribution is -0.843. The molecule has 1 saturated heterocycles. The van der Waals surface area contributed by atoms with Crippen molar-refractivity contribution in [3.63, 3.8) is 0 Å². The van der Waals surface area contributed by atoms with Crippen LogP contribution in [0.15, 0.2) is 64.7 Å². The summed E-state index contributed by atoms with van der Waals surface area (Å²) in [6, 6.07) is 0. The molecule has 0 aromatic carbocycles.